The topological polar surface area (TPSA) is 0 Å². The highest BCUT2D eigenvalue weighted by atomic mass is 14.1. The monoisotopic (exact) mass is 308 g/mol. The van der Waals surface area contributed by atoms with Crippen LogP contribution in [0.1, 0.15) is 93.4 Å². The predicted octanol–water partition coefficient (Wildman–Crippen LogP) is 6.42. The van der Waals surface area contributed by atoms with Crippen molar-refractivity contribution in [3.8, 4) is 24.7 Å². The predicted molar refractivity (Wildman–Crippen MR) is 103 cm³/mol. The standard InChI is InChI=1S/C23H32/c1-5-8-9-10-11-12-13-14-15-16-17-23-19-21(6-2)20(4)18-22(23)7-3/h2-3,18-19H,5,8-17H2,1,4H3. The van der Waals surface area contributed by atoms with Crippen molar-refractivity contribution >= 4 is 0 Å². The first-order valence-electron chi connectivity index (χ1n) is 9.29. The summed E-state index contributed by atoms with van der Waals surface area (Å²) in [5, 5.41) is 0. The molecular formula is C23H32. The maximum absolute atomic E-state index is 5.63. The lowest BCUT2D eigenvalue weighted by Crippen LogP contribution is -1.95. The Kier molecular flexibility index (Phi) is 9.99. The van der Waals surface area contributed by atoms with Gasteiger partial charge in [0.05, 0.1) is 0 Å². The quantitative estimate of drug-likeness (QED) is 0.327. The van der Waals surface area contributed by atoms with E-state index >= 15 is 0 Å². The largest absolute Gasteiger partial charge is 0.115 e. The van der Waals surface area contributed by atoms with E-state index in [0.717, 1.165) is 23.1 Å². The van der Waals surface area contributed by atoms with Gasteiger partial charge in [-0.3, -0.25) is 0 Å². The number of benzene rings is 1. The molecule has 0 aliphatic rings. The molecule has 0 bridgehead atoms. The van der Waals surface area contributed by atoms with E-state index in [-0.39, 0.29) is 0 Å². The minimum absolute atomic E-state index is 0.978. The Labute approximate surface area is 144 Å². The molecule has 0 aliphatic heterocycles. The first-order valence-corrected chi connectivity index (χ1v) is 9.29. The van der Waals surface area contributed by atoms with Gasteiger partial charge in [0.25, 0.3) is 0 Å². The van der Waals surface area contributed by atoms with Crippen LogP contribution >= 0.6 is 0 Å². The summed E-state index contributed by atoms with van der Waals surface area (Å²) in [6, 6.07) is 4.17. The third-order valence-corrected chi connectivity index (χ3v) is 4.56. The molecule has 0 spiro atoms. The Morgan fingerprint density at radius 1 is 0.739 bits per heavy atom. The molecular weight excluding hydrogens is 276 g/mol. The molecule has 0 heterocycles. The van der Waals surface area contributed by atoms with Crippen LogP contribution in [0.3, 0.4) is 0 Å². The van der Waals surface area contributed by atoms with Crippen molar-refractivity contribution in [1.82, 2.24) is 0 Å². The normalized spacial score (nSPS) is 10.3. The van der Waals surface area contributed by atoms with Gasteiger partial charge in [0, 0.05) is 11.1 Å². The number of terminal acetylenes is 2. The van der Waals surface area contributed by atoms with Crippen LogP contribution in [0, 0.1) is 31.6 Å². The molecule has 0 saturated heterocycles. The zero-order chi connectivity index (χ0) is 16.9. The molecule has 0 fully saturated rings. The molecule has 0 unspecified atom stereocenters. The first kappa shape index (κ1) is 19.4. The first-order chi connectivity index (χ1) is 11.2. The smallest absolute Gasteiger partial charge is 0.0278 e. The van der Waals surface area contributed by atoms with Crippen molar-refractivity contribution in [2.75, 3.05) is 0 Å². The van der Waals surface area contributed by atoms with E-state index < -0.39 is 0 Å². The van der Waals surface area contributed by atoms with Gasteiger partial charge in [-0.1, -0.05) is 76.6 Å². The molecule has 124 valence electrons. The van der Waals surface area contributed by atoms with Crippen molar-refractivity contribution in [1.29, 1.82) is 0 Å². The Morgan fingerprint density at radius 2 is 1.26 bits per heavy atom. The third-order valence-electron chi connectivity index (χ3n) is 4.56. The SMILES string of the molecule is C#Cc1cc(CCCCCCCCCCCC)c(C#C)cc1C. The second kappa shape index (κ2) is 11.8. The Hall–Kier alpha value is -1.66. The van der Waals surface area contributed by atoms with Crippen LogP contribution in [-0.4, -0.2) is 0 Å². The fourth-order valence-electron chi connectivity index (χ4n) is 3.05. The Balaban J connectivity index is 2.24. The molecule has 1 aromatic rings. The fraction of sp³-hybridized carbons (Fsp3) is 0.565. The molecule has 0 amide bonds. The average Bonchev–Trinajstić information content (AvgIpc) is 2.57. The average molecular weight is 309 g/mol. The van der Waals surface area contributed by atoms with Gasteiger partial charge in [0.15, 0.2) is 0 Å². The lowest BCUT2D eigenvalue weighted by Gasteiger charge is -2.08. The molecule has 1 rings (SSSR count). The summed E-state index contributed by atoms with van der Waals surface area (Å²) < 4.78 is 0. The summed E-state index contributed by atoms with van der Waals surface area (Å²) >= 11 is 0. The Morgan fingerprint density at radius 3 is 1.78 bits per heavy atom. The maximum Gasteiger partial charge on any atom is 0.0278 e. The van der Waals surface area contributed by atoms with Crippen LogP contribution < -0.4 is 0 Å². The number of aryl methyl sites for hydroxylation is 2. The van der Waals surface area contributed by atoms with Crippen molar-refractivity contribution in [3.63, 3.8) is 0 Å². The summed E-state index contributed by atoms with van der Waals surface area (Å²) in [7, 11) is 0. The number of unbranched alkanes of at least 4 members (excludes halogenated alkanes) is 9. The van der Waals surface area contributed by atoms with Crippen LogP contribution in [-0.2, 0) is 6.42 Å². The van der Waals surface area contributed by atoms with Crippen molar-refractivity contribution in [3.05, 3.63) is 34.4 Å². The van der Waals surface area contributed by atoms with Gasteiger partial charge in [-0.15, -0.1) is 12.8 Å². The van der Waals surface area contributed by atoms with E-state index in [0.29, 0.717) is 0 Å². The summed E-state index contributed by atoms with van der Waals surface area (Å²) in [6.07, 6.45) is 25.8. The molecule has 23 heavy (non-hydrogen) atoms. The molecule has 0 heteroatoms. The number of rotatable bonds is 11. The maximum atomic E-state index is 5.63. The van der Waals surface area contributed by atoms with Crippen molar-refractivity contribution in [2.45, 2.75) is 84.5 Å². The molecule has 1 aromatic carbocycles. The van der Waals surface area contributed by atoms with E-state index in [9.17, 15) is 0 Å². The highest BCUT2D eigenvalue weighted by Crippen LogP contribution is 2.19. The minimum Gasteiger partial charge on any atom is -0.115 e. The van der Waals surface area contributed by atoms with Gasteiger partial charge in [0.1, 0.15) is 0 Å². The zero-order valence-electron chi connectivity index (χ0n) is 15.1. The third kappa shape index (κ3) is 7.43. The van der Waals surface area contributed by atoms with Crippen LogP contribution in [0.2, 0.25) is 0 Å². The molecule has 0 aromatic heterocycles. The molecule has 0 N–H and O–H groups in total. The lowest BCUT2D eigenvalue weighted by molar-refractivity contribution is 0.556. The van der Waals surface area contributed by atoms with Crippen LogP contribution in [0.15, 0.2) is 12.1 Å². The van der Waals surface area contributed by atoms with Crippen molar-refractivity contribution in [2.24, 2.45) is 0 Å². The minimum atomic E-state index is 0.978. The summed E-state index contributed by atoms with van der Waals surface area (Å²) in [5.74, 6) is 5.56. The van der Waals surface area contributed by atoms with E-state index in [2.05, 4.69) is 30.9 Å². The van der Waals surface area contributed by atoms with Gasteiger partial charge in [-0.05, 0) is 43.0 Å². The molecule has 0 aliphatic carbocycles. The molecule has 0 saturated carbocycles. The second-order valence-corrected chi connectivity index (χ2v) is 6.54. The molecule has 0 radical (unpaired) electrons. The summed E-state index contributed by atoms with van der Waals surface area (Å²) in [6.45, 7) is 4.30. The second-order valence-electron chi connectivity index (χ2n) is 6.54. The van der Waals surface area contributed by atoms with Gasteiger partial charge < -0.3 is 0 Å². The van der Waals surface area contributed by atoms with Gasteiger partial charge in [-0.2, -0.15) is 0 Å². The van der Waals surface area contributed by atoms with Crippen LogP contribution in [0.5, 0.6) is 0 Å². The van der Waals surface area contributed by atoms with Gasteiger partial charge in [-0.25, -0.2) is 0 Å². The van der Waals surface area contributed by atoms with E-state index in [1.54, 1.807) is 0 Å². The highest BCUT2D eigenvalue weighted by Gasteiger charge is 2.05. The fourth-order valence-corrected chi connectivity index (χ4v) is 3.05. The van der Waals surface area contributed by atoms with Crippen LogP contribution in [0.25, 0.3) is 0 Å². The van der Waals surface area contributed by atoms with Gasteiger partial charge >= 0.3 is 0 Å². The lowest BCUT2D eigenvalue weighted by atomic mass is 9.95. The number of hydrogen-bond acceptors (Lipinski definition) is 0. The number of hydrogen-bond donors (Lipinski definition) is 0. The zero-order valence-corrected chi connectivity index (χ0v) is 15.1. The highest BCUT2D eigenvalue weighted by molar-refractivity contribution is 5.50. The summed E-state index contributed by atoms with van der Waals surface area (Å²) in [5.41, 5.74) is 4.33. The van der Waals surface area contributed by atoms with E-state index in [4.69, 9.17) is 12.8 Å². The van der Waals surface area contributed by atoms with E-state index in [1.807, 2.05) is 6.92 Å². The molecule has 0 nitrogen and oxygen atoms in total. The molecule has 0 atom stereocenters. The van der Waals surface area contributed by atoms with Crippen molar-refractivity contribution < 1.29 is 0 Å². The summed E-state index contributed by atoms with van der Waals surface area (Å²) in [4.78, 5) is 0. The van der Waals surface area contributed by atoms with Crippen LogP contribution in [0.4, 0.5) is 0 Å². The van der Waals surface area contributed by atoms with E-state index in [1.165, 1.54) is 69.8 Å². The Bertz CT molecular complexity index is 536. The van der Waals surface area contributed by atoms with Gasteiger partial charge in [0.2, 0.25) is 0 Å².